The van der Waals surface area contributed by atoms with Gasteiger partial charge in [-0.2, -0.15) is 0 Å². The normalized spacial score (nSPS) is 8.90. The molecular weight excluding hydrogens is 134 g/mol. The van der Waals surface area contributed by atoms with Gasteiger partial charge in [0.1, 0.15) is 0 Å². The maximum absolute atomic E-state index is 10.5. The predicted octanol–water partition coefficient (Wildman–Crippen LogP) is -2.06. The van der Waals surface area contributed by atoms with Crippen LogP contribution in [0.3, 0.4) is 0 Å². The second kappa shape index (κ2) is 4.75. The summed E-state index contributed by atoms with van der Waals surface area (Å²) < 4.78 is 0. The zero-order valence-corrected chi connectivity index (χ0v) is 5.59. The van der Waals surface area contributed by atoms with Crippen molar-refractivity contribution in [3.05, 3.63) is 0 Å². The monoisotopic (exact) mass is 145 g/mol. The molecular formula is C5H11N3O2. The van der Waals surface area contributed by atoms with Crippen molar-refractivity contribution in [1.29, 1.82) is 0 Å². The lowest BCUT2D eigenvalue weighted by atomic mass is 10.4. The molecule has 0 bridgehead atoms. The van der Waals surface area contributed by atoms with Gasteiger partial charge in [0, 0.05) is 13.0 Å². The first kappa shape index (κ1) is 8.90. The van der Waals surface area contributed by atoms with Gasteiger partial charge in [-0.05, 0) is 0 Å². The van der Waals surface area contributed by atoms with Crippen LogP contribution in [0.5, 0.6) is 0 Å². The molecule has 0 aliphatic carbocycles. The molecule has 0 atom stereocenters. The van der Waals surface area contributed by atoms with Crippen LogP contribution in [0.25, 0.3) is 0 Å². The van der Waals surface area contributed by atoms with E-state index in [4.69, 9.17) is 11.5 Å². The van der Waals surface area contributed by atoms with Crippen LogP contribution in [0.2, 0.25) is 0 Å². The Hall–Kier alpha value is -1.10. The molecule has 0 saturated carbocycles. The van der Waals surface area contributed by atoms with Crippen molar-refractivity contribution < 1.29 is 9.59 Å². The maximum atomic E-state index is 10.5. The minimum Gasteiger partial charge on any atom is -0.368 e. The Balaban J connectivity index is 3.30. The quantitative estimate of drug-likeness (QED) is 0.424. The van der Waals surface area contributed by atoms with E-state index in [-0.39, 0.29) is 25.4 Å². The minimum atomic E-state index is -0.551. The van der Waals surface area contributed by atoms with E-state index in [2.05, 4.69) is 5.32 Å². The summed E-state index contributed by atoms with van der Waals surface area (Å²) in [5, 5.41) is 2.29. The van der Waals surface area contributed by atoms with Crippen LogP contribution in [-0.2, 0) is 9.59 Å². The highest BCUT2D eigenvalue weighted by atomic mass is 16.2. The highest BCUT2D eigenvalue weighted by Gasteiger charge is 1.99. The van der Waals surface area contributed by atoms with E-state index in [1.165, 1.54) is 0 Å². The Bertz CT molecular complexity index is 135. The molecule has 0 unspecified atom stereocenters. The number of carbonyl (C=O) groups is 2. The molecule has 0 radical (unpaired) electrons. The fourth-order valence-corrected chi connectivity index (χ4v) is 0.405. The van der Waals surface area contributed by atoms with Gasteiger partial charge in [0.25, 0.3) is 0 Å². The average molecular weight is 145 g/mol. The zero-order valence-electron chi connectivity index (χ0n) is 5.59. The number of carbonyl (C=O) groups excluding carboxylic acids is 2. The van der Waals surface area contributed by atoms with Crippen molar-refractivity contribution in [2.24, 2.45) is 11.5 Å². The van der Waals surface area contributed by atoms with Gasteiger partial charge < -0.3 is 16.8 Å². The molecule has 58 valence electrons. The van der Waals surface area contributed by atoms with E-state index in [1.807, 2.05) is 0 Å². The van der Waals surface area contributed by atoms with Gasteiger partial charge in [0.2, 0.25) is 11.8 Å². The summed E-state index contributed by atoms with van der Waals surface area (Å²) >= 11 is 0. The molecule has 10 heavy (non-hydrogen) atoms. The first-order valence-corrected chi connectivity index (χ1v) is 2.92. The Morgan fingerprint density at radius 3 is 2.40 bits per heavy atom. The number of rotatable bonds is 4. The van der Waals surface area contributed by atoms with Crippen molar-refractivity contribution >= 4 is 11.8 Å². The number of nitrogens with one attached hydrogen (secondary N) is 1. The molecule has 0 rings (SSSR count). The van der Waals surface area contributed by atoms with E-state index in [0.717, 1.165) is 0 Å². The molecule has 2 amide bonds. The number of nitrogens with two attached hydrogens (primary N) is 2. The third kappa shape index (κ3) is 5.04. The first-order valence-electron chi connectivity index (χ1n) is 2.92. The summed E-state index contributed by atoms with van der Waals surface area (Å²) in [6.45, 7) is 0.170. The molecule has 5 N–H and O–H groups in total. The summed E-state index contributed by atoms with van der Waals surface area (Å²) in [5.41, 5.74) is 9.81. The molecule has 0 aromatic heterocycles. The highest BCUT2D eigenvalue weighted by Crippen LogP contribution is 1.72. The third-order valence-electron chi connectivity index (χ3n) is 0.831. The number of amides is 2. The first-order chi connectivity index (χ1) is 4.66. The topological polar surface area (TPSA) is 98.2 Å². The van der Waals surface area contributed by atoms with Gasteiger partial charge >= 0.3 is 0 Å². The summed E-state index contributed by atoms with van der Waals surface area (Å²) in [6, 6.07) is 0. The van der Waals surface area contributed by atoms with Crippen LogP contribution >= 0.6 is 0 Å². The summed E-state index contributed by atoms with van der Waals surface area (Å²) in [4.78, 5) is 20.6. The summed E-state index contributed by atoms with van der Waals surface area (Å²) in [5.74, 6) is -0.799. The van der Waals surface area contributed by atoms with Crippen LogP contribution in [0.1, 0.15) is 6.42 Å². The highest BCUT2D eigenvalue weighted by molar-refractivity contribution is 5.83. The Kier molecular flexibility index (Phi) is 4.23. The zero-order chi connectivity index (χ0) is 7.98. The number of hydrogen-bond acceptors (Lipinski definition) is 3. The second-order valence-corrected chi connectivity index (χ2v) is 1.78. The lowest BCUT2D eigenvalue weighted by Gasteiger charge is -1.98. The van der Waals surface area contributed by atoms with Crippen LogP contribution in [0.15, 0.2) is 0 Å². The molecule has 0 fully saturated rings. The van der Waals surface area contributed by atoms with Crippen LogP contribution < -0.4 is 16.8 Å². The summed E-state index contributed by atoms with van der Waals surface area (Å²) in [7, 11) is 0. The minimum absolute atomic E-state index is 0.112. The maximum Gasteiger partial charge on any atom is 0.236 e. The largest absolute Gasteiger partial charge is 0.368 e. The average Bonchev–Trinajstić information content (AvgIpc) is 1.85. The predicted molar refractivity (Wildman–Crippen MR) is 35.9 cm³/mol. The van der Waals surface area contributed by atoms with Crippen molar-refractivity contribution in [3.8, 4) is 0 Å². The number of hydrogen-bond donors (Lipinski definition) is 3. The van der Waals surface area contributed by atoms with E-state index in [0.29, 0.717) is 0 Å². The molecule has 0 aliphatic heterocycles. The van der Waals surface area contributed by atoms with E-state index in [9.17, 15) is 9.59 Å². The van der Waals surface area contributed by atoms with Gasteiger partial charge in [-0.3, -0.25) is 9.59 Å². The van der Waals surface area contributed by atoms with Gasteiger partial charge in [-0.1, -0.05) is 0 Å². The number of primary amides is 1. The van der Waals surface area contributed by atoms with E-state index in [1.54, 1.807) is 0 Å². The molecule has 5 nitrogen and oxygen atoms in total. The Morgan fingerprint density at radius 1 is 1.40 bits per heavy atom. The molecule has 0 aromatic rings. The van der Waals surface area contributed by atoms with E-state index < -0.39 is 5.91 Å². The van der Waals surface area contributed by atoms with Crippen LogP contribution in [-0.4, -0.2) is 24.9 Å². The van der Waals surface area contributed by atoms with Crippen molar-refractivity contribution in [2.75, 3.05) is 13.1 Å². The van der Waals surface area contributed by atoms with Crippen LogP contribution in [0.4, 0.5) is 0 Å². The van der Waals surface area contributed by atoms with Gasteiger partial charge in [-0.25, -0.2) is 0 Å². The van der Waals surface area contributed by atoms with E-state index >= 15 is 0 Å². The molecule has 0 heterocycles. The molecule has 5 heteroatoms. The van der Waals surface area contributed by atoms with Gasteiger partial charge in [0.05, 0.1) is 6.54 Å². The van der Waals surface area contributed by atoms with Gasteiger partial charge in [0.15, 0.2) is 0 Å². The fraction of sp³-hybridized carbons (Fsp3) is 0.600. The molecule has 0 spiro atoms. The molecule has 0 aliphatic rings. The van der Waals surface area contributed by atoms with Gasteiger partial charge in [-0.15, -0.1) is 0 Å². The van der Waals surface area contributed by atoms with Crippen molar-refractivity contribution in [3.63, 3.8) is 0 Å². The summed E-state index contributed by atoms with van der Waals surface area (Å²) in [6.07, 6.45) is 0.229. The molecule has 0 aromatic carbocycles. The molecule has 0 saturated heterocycles. The third-order valence-corrected chi connectivity index (χ3v) is 0.831. The fourth-order valence-electron chi connectivity index (χ4n) is 0.405. The Morgan fingerprint density at radius 2 is 2.00 bits per heavy atom. The smallest absolute Gasteiger partial charge is 0.236 e. The SMILES string of the molecule is NCCC(=O)NCC(N)=O. The lowest BCUT2D eigenvalue weighted by molar-refractivity contribution is -0.124. The van der Waals surface area contributed by atoms with Crippen LogP contribution in [0, 0.1) is 0 Å². The Labute approximate surface area is 58.8 Å². The second-order valence-electron chi connectivity index (χ2n) is 1.78. The van der Waals surface area contributed by atoms with Crippen molar-refractivity contribution in [2.45, 2.75) is 6.42 Å². The standard InChI is InChI=1S/C5H11N3O2/c6-2-1-5(10)8-3-4(7)9/h1-3,6H2,(H2,7,9)(H,8,10). The van der Waals surface area contributed by atoms with Crippen molar-refractivity contribution in [1.82, 2.24) is 5.32 Å². The lowest BCUT2D eigenvalue weighted by Crippen LogP contribution is -2.34.